The normalized spacial score (nSPS) is 15.8. The molecule has 1 aromatic heterocycles. The largest absolute Gasteiger partial charge is 0.395 e. The zero-order valence-electron chi connectivity index (χ0n) is 13.6. The maximum Gasteiger partial charge on any atom is 0.207 e. The van der Waals surface area contributed by atoms with Crippen molar-refractivity contribution in [3.63, 3.8) is 0 Å². The van der Waals surface area contributed by atoms with Crippen LogP contribution in [0.3, 0.4) is 0 Å². The third kappa shape index (κ3) is 2.94. The topological polar surface area (TPSA) is 45.5 Å². The van der Waals surface area contributed by atoms with E-state index >= 15 is 0 Å². The predicted molar refractivity (Wildman–Crippen MR) is 91.4 cm³/mol. The highest BCUT2D eigenvalue weighted by Crippen LogP contribution is 2.33. The van der Waals surface area contributed by atoms with Gasteiger partial charge in [-0.05, 0) is 30.0 Å². The number of rotatable bonds is 4. The molecule has 0 unspecified atom stereocenters. The molecule has 1 aliphatic rings. The third-order valence-electron chi connectivity index (χ3n) is 4.15. The third-order valence-corrected chi connectivity index (χ3v) is 4.15. The summed E-state index contributed by atoms with van der Waals surface area (Å²) in [5.74, 6) is 0.0792. The van der Waals surface area contributed by atoms with Gasteiger partial charge in [0.15, 0.2) is 0 Å². The Morgan fingerprint density at radius 1 is 1.22 bits per heavy atom. The van der Waals surface area contributed by atoms with Crippen LogP contribution in [0.5, 0.6) is 0 Å². The summed E-state index contributed by atoms with van der Waals surface area (Å²) in [6.07, 6.45) is 3.53. The lowest BCUT2D eigenvalue weighted by Crippen LogP contribution is -2.21. The van der Waals surface area contributed by atoms with E-state index in [9.17, 15) is 9.90 Å². The number of hydrogen-bond donors (Lipinski definition) is 1. The van der Waals surface area contributed by atoms with Gasteiger partial charge in [-0.1, -0.05) is 30.3 Å². The van der Waals surface area contributed by atoms with Crippen LogP contribution in [-0.2, 0) is 13.0 Å². The molecular weight excluding hydrogens is 288 g/mol. The first-order chi connectivity index (χ1) is 11.1. The van der Waals surface area contributed by atoms with Crippen LogP contribution in [0.2, 0.25) is 0 Å². The first kappa shape index (κ1) is 15.6. The van der Waals surface area contributed by atoms with Gasteiger partial charge in [0.1, 0.15) is 0 Å². The molecule has 0 bridgehead atoms. The van der Waals surface area contributed by atoms with Crippen LogP contribution in [0.15, 0.2) is 48.2 Å². The molecular formula is C19H22N2O2. The second kappa shape index (κ2) is 6.42. The van der Waals surface area contributed by atoms with Gasteiger partial charge in [0.2, 0.25) is 5.78 Å². The first-order valence-corrected chi connectivity index (χ1v) is 7.92. The van der Waals surface area contributed by atoms with Crippen LogP contribution in [0.4, 0.5) is 0 Å². The molecule has 0 fully saturated rings. The van der Waals surface area contributed by atoms with E-state index in [1.54, 1.807) is 0 Å². The molecule has 0 amide bonds. The van der Waals surface area contributed by atoms with E-state index in [-0.39, 0.29) is 12.4 Å². The molecule has 1 N–H and O–H groups in total. The van der Waals surface area contributed by atoms with Gasteiger partial charge in [-0.15, -0.1) is 0 Å². The number of benzene rings is 1. The molecule has 23 heavy (non-hydrogen) atoms. The zero-order chi connectivity index (χ0) is 16.4. The highest BCUT2D eigenvalue weighted by atomic mass is 16.3. The van der Waals surface area contributed by atoms with Crippen molar-refractivity contribution >= 4 is 5.78 Å². The molecule has 0 atom stereocenters. The molecule has 1 aromatic carbocycles. The zero-order valence-corrected chi connectivity index (χ0v) is 13.6. The quantitative estimate of drug-likeness (QED) is 0.883. The first-order valence-electron chi connectivity index (χ1n) is 7.92. The highest BCUT2D eigenvalue weighted by Gasteiger charge is 2.28. The number of aromatic nitrogens is 1. The van der Waals surface area contributed by atoms with E-state index < -0.39 is 0 Å². The fraction of sp³-hybridized carbons (Fsp3) is 0.316. The highest BCUT2D eigenvalue weighted by molar-refractivity contribution is 6.10. The summed E-state index contributed by atoms with van der Waals surface area (Å²) in [5.41, 5.74) is 4.72. The van der Waals surface area contributed by atoms with E-state index in [4.69, 9.17) is 0 Å². The Labute approximate surface area is 136 Å². The minimum Gasteiger partial charge on any atom is -0.395 e. The van der Waals surface area contributed by atoms with Gasteiger partial charge in [-0.25, -0.2) is 0 Å². The van der Waals surface area contributed by atoms with Gasteiger partial charge in [-0.3, -0.25) is 4.79 Å². The van der Waals surface area contributed by atoms with Gasteiger partial charge < -0.3 is 14.6 Å². The summed E-state index contributed by atoms with van der Waals surface area (Å²) < 4.78 is 1.97. The number of ketones is 1. The number of carbonyl (C=O) groups excluding carboxylic acids is 1. The average molecular weight is 310 g/mol. The molecule has 1 heterocycles. The molecule has 4 heteroatoms. The standard InChI is InChI=1S/C19H22N2O2/c1-20(2)13-16-9-8-15-12-17(14-6-4-3-5-7-14)21(10-11-22)18(15)19(16)23/h3-7,12-13,22H,8-11H2,1-2H3/b16-13-. The van der Waals surface area contributed by atoms with Crippen LogP contribution in [-0.4, -0.2) is 41.1 Å². The van der Waals surface area contributed by atoms with Crippen molar-refractivity contribution in [1.82, 2.24) is 9.47 Å². The Morgan fingerprint density at radius 3 is 2.61 bits per heavy atom. The van der Waals surface area contributed by atoms with E-state index in [0.717, 1.165) is 40.9 Å². The number of aryl methyl sites for hydroxylation is 1. The van der Waals surface area contributed by atoms with Crippen molar-refractivity contribution in [2.75, 3.05) is 20.7 Å². The van der Waals surface area contributed by atoms with Crippen LogP contribution in [0.1, 0.15) is 22.5 Å². The molecule has 0 saturated carbocycles. The second-order valence-corrected chi connectivity index (χ2v) is 6.09. The molecule has 2 aromatic rings. The molecule has 0 radical (unpaired) electrons. The Bertz CT molecular complexity index is 742. The minimum atomic E-state index is 0.0148. The molecule has 3 rings (SSSR count). The number of hydrogen-bond acceptors (Lipinski definition) is 3. The molecule has 0 spiro atoms. The summed E-state index contributed by atoms with van der Waals surface area (Å²) in [7, 11) is 3.86. The summed E-state index contributed by atoms with van der Waals surface area (Å²) in [6, 6.07) is 12.1. The summed E-state index contributed by atoms with van der Waals surface area (Å²) in [4.78, 5) is 14.8. The number of carbonyl (C=O) groups is 1. The minimum absolute atomic E-state index is 0.0148. The van der Waals surface area contributed by atoms with Crippen LogP contribution < -0.4 is 0 Å². The molecule has 1 aliphatic carbocycles. The lowest BCUT2D eigenvalue weighted by atomic mass is 9.92. The van der Waals surface area contributed by atoms with Crippen molar-refractivity contribution in [2.24, 2.45) is 0 Å². The Balaban J connectivity index is 2.12. The number of aliphatic hydroxyl groups is 1. The van der Waals surface area contributed by atoms with Crippen molar-refractivity contribution in [3.8, 4) is 11.3 Å². The molecule has 0 saturated heterocycles. The molecule has 0 aliphatic heterocycles. The van der Waals surface area contributed by atoms with E-state index in [0.29, 0.717) is 6.54 Å². The maximum atomic E-state index is 12.9. The Morgan fingerprint density at radius 2 is 1.96 bits per heavy atom. The average Bonchev–Trinajstić information content (AvgIpc) is 2.90. The van der Waals surface area contributed by atoms with Gasteiger partial charge in [0.25, 0.3) is 0 Å². The van der Waals surface area contributed by atoms with E-state index in [1.165, 1.54) is 0 Å². The summed E-state index contributed by atoms with van der Waals surface area (Å²) >= 11 is 0. The lowest BCUT2D eigenvalue weighted by molar-refractivity contribution is 0.101. The Hall–Kier alpha value is -2.33. The number of fused-ring (bicyclic) bond motifs is 1. The Kier molecular flexibility index (Phi) is 4.35. The van der Waals surface area contributed by atoms with Crippen molar-refractivity contribution < 1.29 is 9.90 Å². The van der Waals surface area contributed by atoms with Crippen LogP contribution in [0.25, 0.3) is 11.3 Å². The fourth-order valence-corrected chi connectivity index (χ4v) is 3.21. The van der Waals surface area contributed by atoms with Gasteiger partial charge in [0.05, 0.1) is 12.3 Å². The van der Waals surface area contributed by atoms with Gasteiger partial charge in [0, 0.05) is 38.1 Å². The number of aliphatic hydroxyl groups excluding tert-OH is 1. The molecule has 4 nitrogen and oxygen atoms in total. The predicted octanol–water partition coefficient (Wildman–Crippen LogP) is 2.72. The van der Waals surface area contributed by atoms with Crippen molar-refractivity contribution in [2.45, 2.75) is 19.4 Å². The maximum absolute atomic E-state index is 12.9. The van der Waals surface area contributed by atoms with E-state index in [2.05, 4.69) is 6.07 Å². The lowest BCUT2D eigenvalue weighted by Gasteiger charge is -2.19. The van der Waals surface area contributed by atoms with Gasteiger partial charge in [-0.2, -0.15) is 0 Å². The monoisotopic (exact) mass is 310 g/mol. The SMILES string of the molecule is CN(C)/C=C1/CCc2cc(-c3ccccc3)n(CCO)c2C1=O. The fourth-order valence-electron chi connectivity index (χ4n) is 3.21. The number of Topliss-reactive ketones (excluding diaryl/α,β-unsaturated/α-hetero) is 1. The van der Waals surface area contributed by atoms with Crippen molar-refractivity contribution in [3.05, 3.63) is 59.4 Å². The molecule has 120 valence electrons. The number of nitrogens with zero attached hydrogens (tertiary/aromatic N) is 2. The second-order valence-electron chi connectivity index (χ2n) is 6.09. The number of allylic oxidation sites excluding steroid dienone is 1. The van der Waals surface area contributed by atoms with Crippen molar-refractivity contribution in [1.29, 1.82) is 0 Å². The smallest absolute Gasteiger partial charge is 0.207 e. The summed E-state index contributed by atoms with van der Waals surface area (Å²) in [5, 5.41) is 9.45. The van der Waals surface area contributed by atoms with Gasteiger partial charge >= 0.3 is 0 Å². The summed E-state index contributed by atoms with van der Waals surface area (Å²) in [6.45, 7) is 0.446. The van der Waals surface area contributed by atoms with E-state index in [1.807, 2.05) is 60.1 Å². The van der Waals surface area contributed by atoms with Crippen LogP contribution in [0, 0.1) is 0 Å². The van der Waals surface area contributed by atoms with Crippen LogP contribution >= 0.6 is 0 Å².